The maximum atomic E-state index is 12.9. The van der Waals surface area contributed by atoms with Crippen molar-refractivity contribution < 1.29 is 13.6 Å². The normalized spacial score (nSPS) is 21.3. The summed E-state index contributed by atoms with van der Waals surface area (Å²) in [6.07, 6.45) is 5.63. The molecule has 146 valence electrons. The SMILES string of the molecule is CC(CC(=O)N1CCN(Cc2nccn2C(F)F)CC1)C1CCNCC1. The third kappa shape index (κ3) is 4.79. The Hall–Kier alpha value is -1.54. The number of rotatable bonds is 6. The van der Waals surface area contributed by atoms with E-state index >= 15 is 0 Å². The van der Waals surface area contributed by atoms with Gasteiger partial charge in [0.1, 0.15) is 5.82 Å². The van der Waals surface area contributed by atoms with Crippen molar-refractivity contribution in [2.24, 2.45) is 11.8 Å². The first-order chi connectivity index (χ1) is 12.5. The molecular formula is C18H29F2N5O. The molecule has 3 heterocycles. The Bertz CT molecular complexity index is 580. The first-order valence-electron chi connectivity index (χ1n) is 9.55. The van der Waals surface area contributed by atoms with E-state index in [1.165, 1.54) is 12.4 Å². The van der Waals surface area contributed by atoms with Gasteiger partial charge in [-0.15, -0.1) is 0 Å². The molecule has 2 aliphatic rings. The van der Waals surface area contributed by atoms with Gasteiger partial charge in [0.2, 0.25) is 5.91 Å². The van der Waals surface area contributed by atoms with Gasteiger partial charge in [0.05, 0.1) is 6.54 Å². The van der Waals surface area contributed by atoms with Gasteiger partial charge in [-0.2, -0.15) is 8.78 Å². The fourth-order valence-electron chi connectivity index (χ4n) is 3.98. The summed E-state index contributed by atoms with van der Waals surface area (Å²) in [5.41, 5.74) is 0. The molecule has 1 N–H and O–H groups in total. The average Bonchev–Trinajstić information content (AvgIpc) is 3.11. The minimum atomic E-state index is -2.56. The van der Waals surface area contributed by atoms with Crippen molar-refractivity contribution in [3.05, 3.63) is 18.2 Å². The zero-order valence-corrected chi connectivity index (χ0v) is 15.4. The van der Waals surface area contributed by atoms with Gasteiger partial charge in [-0.1, -0.05) is 6.92 Å². The summed E-state index contributed by atoms with van der Waals surface area (Å²) in [6.45, 7) is 4.84. The topological polar surface area (TPSA) is 53.4 Å². The summed E-state index contributed by atoms with van der Waals surface area (Å²) >= 11 is 0. The Morgan fingerprint density at radius 1 is 1.27 bits per heavy atom. The highest BCUT2D eigenvalue weighted by Gasteiger charge is 2.27. The van der Waals surface area contributed by atoms with E-state index in [-0.39, 0.29) is 5.91 Å². The minimum Gasteiger partial charge on any atom is -0.340 e. The van der Waals surface area contributed by atoms with Gasteiger partial charge in [0.15, 0.2) is 0 Å². The molecule has 0 aromatic carbocycles. The lowest BCUT2D eigenvalue weighted by Crippen LogP contribution is -2.49. The van der Waals surface area contributed by atoms with Gasteiger partial charge in [-0.25, -0.2) is 4.98 Å². The second-order valence-corrected chi connectivity index (χ2v) is 7.45. The lowest BCUT2D eigenvalue weighted by atomic mass is 9.84. The van der Waals surface area contributed by atoms with Crippen LogP contribution in [0.5, 0.6) is 0 Å². The van der Waals surface area contributed by atoms with Gasteiger partial charge in [-0.05, 0) is 37.8 Å². The van der Waals surface area contributed by atoms with Gasteiger partial charge >= 0.3 is 6.55 Å². The molecule has 2 saturated heterocycles. The van der Waals surface area contributed by atoms with E-state index in [4.69, 9.17) is 0 Å². The monoisotopic (exact) mass is 369 g/mol. The fourth-order valence-corrected chi connectivity index (χ4v) is 3.98. The first kappa shape index (κ1) is 19.2. The molecule has 1 aromatic heterocycles. The molecule has 0 aliphatic carbocycles. The lowest BCUT2D eigenvalue weighted by Gasteiger charge is -2.36. The summed E-state index contributed by atoms with van der Waals surface area (Å²) in [4.78, 5) is 20.6. The molecule has 1 unspecified atom stereocenters. The van der Waals surface area contributed by atoms with Crippen molar-refractivity contribution in [3.63, 3.8) is 0 Å². The van der Waals surface area contributed by atoms with E-state index in [0.717, 1.165) is 30.5 Å². The van der Waals surface area contributed by atoms with Crippen LogP contribution in [-0.4, -0.2) is 64.5 Å². The molecule has 3 rings (SSSR count). The Balaban J connectivity index is 1.44. The molecule has 0 saturated carbocycles. The quantitative estimate of drug-likeness (QED) is 0.833. The maximum absolute atomic E-state index is 12.9. The molecule has 0 bridgehead atoms. The number of imidazole rings is 1. The van der Waals surface area contributed by atoms with Crippen LogP contribution in [0, 0.1) is 11.8 Å². The van der Waals surface area contributed by atoms with E-state index in [0.29, 0.717) is 56.8 Å². The van der Waals surface area contributed by atoms with E-state index < -0.39 is 6.55 Å². The number of piperazine rings is 1. The second-order valence-electron chi connectivity index (χ2n) is 7.45. The number of amides is 1. The van der Waals surface area contributed by atoms with Gasteiger partial charge in [-0.3, -0.25) is 14.3 Å². The number of hydrogen-bond acceptors (Lipinski definition) is 4. The van der Waals surface area contributed by atoms with Crippen LogP contribution in [0.3, 0.4) is 0 Å². The van der Waals surface area contributed by atoms with Crippen LogP contribution in [0.2, 0.25) is 0 Å². The summed E-state index contributed by atoms with van der Waals surface area (Å²) in [6, 6.07) is 0. The third-order valence-corrected chi connectivity index (χ3v) is 5.73. The summed E-state index contributed by atoms with van der Waals surface area (Å²) in [5, 5.41) is 3.37. The Labute approximate surface area is 153 Å². The number of hydrogen-bond donors (Lipinski definition) is 1. The third-order valence-electron chi connectivity index (χ3n) is 5.73. The van der Waals surface area contributed by atoms with Gasteiger partial charge in [0, 0.05) is 45.0 Å². The van der Waals surface area contributed by atoms with Crippen LogP contribution >= 0.6 is 0 Å². The highest BCUT2D eigenvalue weighted by molar-refractivity contribution is 5.76. The summed E-state index contributed by atoms with van der Waals surface area (Å²) < 4.78 is 26.7. The largest absolute Gasteiger partial charge is 0.340 e. The molecular weight excluding hydrogens is 340 g/mol. The van der Waals surface area contributed by atoms with E-state index in [1.54, 1.807) is 0 Å². The maximum Gasteiger partial charge on any atom is 0.319 e. The number of aromatic nitrogens is 2. The molecule has 2 fully saturated rings. The second kappa shape index (κ2) is 8.90. The molecule has 26 heavy (non-hydrogen) atoms. The molecule has 0 radical (unpaired) electrons. The van der Waals surface area contributed by atoms with Crippen LogP contribution in [0.25, 0.3) is 0 Å². The predicted molar refractivity (Wildman–Crippen MR) is 94.7 cm³/mol. The van der Waals surface area contributed by atoms with Crippen LogP contribution in [0.1, 0.15) is 38.6 Å². The van der Waals surface area contributed by atoms with E-state index in [1.807, 2.05) is 4.90 Å². The number of nitrogens with zero attached hydrogens (tertiary/aromatic N) is 4. The minimum absolute atomic E-state index is 0.227. The lowest BCUT2D eigenvalue weighted by molar-refractivity contribution is -0.134. The van der Waals surface area contributed by atoms with Crippen LogP contribution < -0.4 is 5.32 Å². The average molecular weight is 369 g/mol. The highest BCUT2D eigenvalue weighted by Crippen LogP contribution is 2.25. The summed E-state index contributed by atoms with van der Waals surface area (Å²) in [5.74, 6) is 1.65. The number of alkyl halides is 2. The smallest absolute Gasteiger partial charge is 0.319 e. The number of piperidine rings is 1. The molecule has 1 aromatic rings. The van der Waals surface area contributed by atoms with Crippen molar-refractivity contribution in [3.8, 4) is 0 Å². The Kier molecular flexibility index (Phi) is 6.58. The molecule has 6 nitrogen and oxygen atoms in total. The van der Waals surface area contributed by atoms with Crippen LogP contribution in [0.15, 0.2) is 12.4 Å². The standard InChI is InChI=1S/C18H29F2N5O/c1-14(15-2-4-21-5-3-15)12-17(26)24-10-8-23(9-11-24)13-16-22-6-7-25(16)18(19)20/h6-7,14-15,18,21H,2-5,8-13H2,1H3. The van der Waals surface area contributed by atoms with E-state index in [2.05, 4.69) is 22.1 Å². The number of carbonyl (C=O) groups excluding carboxylic acids is 1. The number of nitrogens with one attached hydrogen (secondary N) is 1. The van der Waals surface area contributed by atoms with Crippen molar-refractivity contribution in [2.45, 2.75) is 39.3 Å². The Morgan fingerprint density at radius 2 is 1.96 bits per heavy atom. The number of carbonyl (C=O) groups is 1. The molecule has 0 spiro atoms. The highest BCUT2D eigenvalue weighted by atomic mass is 19.3. The van der Waals surface area contributed by atoms with Crippen molar-refractivity contribution in [1.82, 2.24) is 24.7 Å². The van der Waals surface area contributed by atoms with Crippen LogP contribution in [0.4, 0.5) is 8.78 Å². The molecule has 2 aliphatic heterocycles. The van der Waals surface area contributed by atoms with Gasteiger partial charge < -0.3 is 10.2 Å². The van der Waals surface area contributed by atoms with Crippen molar-refractivity contribution in [1.29, 1.82) is 0 Å². The summed E-state index contributed by atoms with van der Waals surface area (Å²) in [7, 11) is 0. The Morgan fingerprint density at radius 3 is 2.62 bits per heavy atom. The van der Waals surface area contributed by atoms with E-state index in [9.17, 15) is 13.6 Å². The molecule has 8 heteroatoms. The first-order valence-corrected chi connectivity index (χ1v) is 9.55. The number of halogens is 2. The van der Waals surface area contributed by atoms with Crippen molar-refractivity contribution in [2.75, 3.05) is 39.3 Å². The van der Waals surface area contributed by atoms with Crippen LogP contribution in [-0.2, 0) is 11.3 Å². The van der Waals surface area contributed by atoms with Gasteiger partial charge in [0.25, 0.3) is 0 Å². The molecule has 1 atom stereocenters. The predicted octanol–water partition coefficient (Wildman–Crippen LogP) is 1.95. The molecule has 1 amide bonds. The zero-order valence-electron chi connectivity index (χ0n) is 15.4. The fraction of sp³-hybridized carbons (Fsp3) is 0.778. The van der Waals surface area contributed by atoms with Crippen molar-refractivity contribution >= 4 is 5.91 Å². The zero-order chi connectivity index (χ0) is 18.5.